The lowest BCUT2D eigenvalue weighted by molar-refractivity contribution is -0.385. The van der Waals surface area contributed by atoms with Gasteiger partial charge in [-0.15, -0.1) is 0 Å². The monoisotopic (exact) mass is 381 g/mol. The van der Waals surface area contributed by atoms with Crippen molar-refractivity contribution in [2.45, 2.75) is 6.92 Å². The fraction of sp³-hybridized carbons (Fsp3) is 0.267. The Morgan fingerprint density at radius 1 is 1.38 bits per heavy atom. The first kappa shape index (κ1) is 19.2. The van der Waals surface area contributed by atoms with Crippen molar-refractivity contribution >= 4 is 40.6 Å². The highest BCUT2D eigenvalue weighted by Crippen LogP contribution is 2.37. The van der Waals surface area contributed by atoms with Gasteiger partial charge in [0.1, 0.15) is 12.3 Å². The van der Waals surface area contributed by atoms with Gasteiger partial charge in [0.2, 0.25) is 0 Å². The SMILES string of the molecule is CCOc1cc([N+](=O)[O-])cc(/C=C2/SC(=O)N(CC(=O)OC)C2=O)c1[O-]. The van der Waals surface area contributed by atoms with Crippen molar-refractivity contribution in [3.63, 3.8) is 0 Å². The molecule has 0 spiro atoms. The molecule has 10 nitrogen and oxygen atoms in total. The Morgan fingerprint density at radius 3 is 2.65 bits per heavy atom. The van der Waals surface area contributed by atoms with Crippen LogP contribution >= 0.6 is 11.8 Å². The van der Waals surface area contributed by atoms with Crippen LogP contribution in [-0.4, -0.2) is 47.2 Å². The van der Waals surface area contributed by atoms with Crippen molar-refractivity contribution < 1.29 is 33.9 Å². The number of rotatable bonds is 6. The van der Waals surface area contributed by atoms with Crippen molar-refractivity contribution in [1.82, 2.24) is 4.90 Å². The van der Waals surface area contributed by atoms with Gasteiger partial charge in [0.15, 0.2) is 0 Å². The number of benzene rings is 1. The van der Waals surface area contributed by atoms with E-state index in [2.05, 4.69) is 4.74 Å². The molecule has 0 unspecified atom stereocenters. The molecule has 2 rings (SSSR count). The van der Waals surface area contributed by atoms with E-state index >= 15 is 0 Å². The second-order valence-electron chi connectivity index (χ2n) is 4.90. The second-order valence-corrected chi connectivity index (χ2v) is 5.89. The maximum atomic E-state index is 12.3. The number of nitrogens with zero attached hydrogens (tertiary/aromatic N) is 2. The zero-order chi connectivity index (χ0) is 19.4. The molecule has 0 bridgehead atoms. The number of hydrogen-bond acceptors (Lipinski definition) is 9. The molecule has 0 atom stereocenters. The third-order valence-electron chi connectivity index (χ3n) is 3.25. The molecule has 1 aromatic carbocycles. The molecule has 0 aliphatic carbocycles. The second kappa shape index (κ2) is 7.87. The number of carbonyl (C=O) groups is 3. The fourth-order valence-electron chi connectivity index (χ4n) is 2.06. The van der Waals surface area contributed by atoms with Crippen LogP contribution in [0.5, 0.6) is 11.5 Å². The molecule has 0 radical (unpaired) electrons. The maximum absolute atomic E-state index is 12.3. The lowest BCUT2D eigenvalue weighted by Gasteiger charge is -2.17. The minimum Gasteiger partial charge on any atom is -0.870 e. The molecule has 1 aliphatic rings. The van der Waals surface area contributed by atoms with Crippen LogP contribution in [0.25, 0.3) is 6.08 Å². The van der Waals surface area contributed by atoms with Gasteiger partial charge in [-0.05, 0) is 30.3 Å². The van der Waals surface area contributed by atoms with Crippen molar-refractivity contribution in [1.29, 1.82) is 0 Å². The standard InChI is InChI=1S/C15H14N2O8S/c1-3-25-10-6-9(17(22)23)4-8(13(10)19)5-11-14(20)16(15(21)26-11)7-12(18)24-2/h4-6,19H,3,7H2,1-2H3/p-1/b11-5+. The van der Waals surface area contributed by atoms with E-state index in [-0.39, 0.29) is 22.8 Å². The van der Waals surface area contributed by atoms with Gasteiger partial charge in [0.25, 0.3) is 16.8 Å². The average Bonchev–Trinajstić information content (AvgIpc) is 2.85. The lowest BCUT2D eigenvalue weighted by Crippen LogP contribution is -2.34. The number of methoxy groups -OCH3 is 1. The van der Waals surface area contributed by atoms with Crippen LogP contribution < -0.4 is 9.84 Å². The van der Waals surface area contributed by atoms with Crippen LogP contribution in [0, 0.1) is 10.1 Å². The molecule has 1 fully saturated rings. The predicted octanol–water partition coefficient (Wildman–Crippen LogP) is 1.28. The molecule has 2 amide bonds. The molecular formula is C15H13N2O8S-. The third-order valence-corrected chi connectivity index (χ3v) is 4.16. The number of hydrogen-bond donors (Lipinski definition) is 0. The molecule has 0 aromatic heterocycles. The number of imide groups is 1. The number of nitro benzene ring substituents is 1. The van der Waals surface area contributed by atoms with Gasteiger partial charge in [-0.1, -0.05) is 5.75 Å². The topological polar surface area (TPSA) is 139 Å². The van der Waals surface area contributed by atoms with E-state index < -0.39 is 40.0 Å². The van der Waals surface area contributed by atoms with Gasteiger partial charge in [-0.25, -0.2) is 0 Å². The summed E-state index contributed by atoms with van der Waals surface area (Å²) in [5, 5.41) is 22.6. The van der Waals surface area contributed by atoms with Crippen LogP contribution in [0.4, 0.5) is 10.5 Å². The van der Waals surface area contributed by atoms with E-state index in [1.165, 1.54) is 0 Å². The molecule has 11 heteroatoms. The minimum absolute atomic E-state index is 0.117. The number of carbonyl (C=O) groups excluding carboxylic acids is 3. The molecule has 1 aromatic rings. The minimum atomic E-state index is -0.797. The number of thioether (sulfide) groups is 1. The molecule has 0 N–H and O–H groups in total. The summed E-state index contributed by atoms with van der Waals surface area (Å²) in [6.07, 6.45) is 1.07. The largest absolute Gasteiger partial charge is 0.870 e. The summed E-state index contributed by atoms with van der Waals surface area (Å²) < 4.78 is 9.50. The Kier molecular flexibility index (Phi) is 5.82. The molecule has 26 heavy (non-hydrogen) atoms. The van der Waals surface area contributed by atoms with E-state index in [0.717, 1.165) is 25.3 Å². The first-order chi connectivity index (χ1) is 12.3. The Morgan fingerprint density at radius 2 is 2.08 bits per heavy atom. The van der Waals surface area contributed by atoms with Crippen LogP contribution in [0.2, 0.25) is 0 Å². The van der Waals surface area contributed by atoms with E-state index in [1.54, 1.807) is 6.92 Å². The summed E-state index contributed by atoms with van der Waals surface area (Å²) in [7, 11) is 1.11. The first-order valence-corrected chi connectivity index (χ1v) is 8.04. The van der Waals surface area contributed by atoms with Crippen LogP contribution in [0.3, 0.4) is 0 Å². The summed E-state index contributed by atoms with van der Waals surface area (Å²) in [5.74, 6) is -2.47. The highest BCUT2D eigenvalue weighted by Gasteiger charge is 2.36. The molecular weight excluding hydrogens is 368 g/mol. The fourth-order valence-corrected chi connectivity index (χ4v) is 2.88. The van der Waals surface area contributed by atoms with E-state index in [4.69, 9.17) is 4.74 Å². The third kappa shape index (κ3) is 3.94. The zero-order valence-electron chi connectivity index (χ0n) is 13.7. The molecule has 138 valence electrons. The van der Waals surface area contributed by atoms with Crippen LogP contribution in [0.15, 0.2) is 17.0 Å². The smallest absolute Gasteiger partial charge is 0.325 e. The predicted molar refractivity (Wildman–Crippen MR) is 88.4 cm³/mol. The van der Waals surface area contributed by atoms with E-state index in [0.29, 0.717) is 16.7 Å². The molecule has 1 aliphatic heterocycles. The van der Waals surface area contributed by atoms with E-state index in [9.17, 15) is 29.6 Å². The van der Waals surface area contributed by atoms with Gasteiger partial charge in [0, 0.05) is 6.07 Å². The van der Waals surface area contributed by atoms with Gasteiger partial charge in [-0.3, -0.25) is 29.4 Å². The molecule has 0 saturated carbocycles. The summed E-state index contributed by atoms with van der Waals surface area (Å²) in [6.45, 7) is 1.16. The maximum Gasteiger partial charge on any atom is 0.325 e. The number of ether oxygens (including phenoxy) is 2. The highest BCUT2D eigenvalue weighted by molar-refractivity contribution is 8.18. The van der Waals surface area contributed by atoms with Crippen molar-refractivity contribution in [2.75, 3.05) is 20.3 Å². The van der Waals surface area contributed by atoms with Crippen molar-refractivity contribution in [2.24, 2.45) is 0 Å². The average molecular weight is 381 g/mol. The normalized spacial score (nSPS) is 15.5. The molecule has 1 heterocycles. The number of amides is 2. The summed E-state index contributed by atoms with van der Waals surface area (Å²) >= 11 is 0.512. The summed E-state index contributed by atoms with van der Waals surface area (Å²) in [5.41, 5.74) is -0.570. The van der Waals surface area contributed by atoms with Crippen molar-refractivity contribution in [3.8, 4) is 11.5 Å². The Labute approximate surface area is 151 Å². The highest BCUT2D eigenvalue weighted by atomic mass is 32.2. The Balaban J connectivity index is 2.42. The van der Waals surface area contributed by atoms with Gasteiger partial charge in [0.05, 0.1) is 29.6 Å². The number of esters is 1. The van der Waals surface area contributed by atoms with Gasteiger partial charge < -0.3 is 14.6 Å². The quantitative estimate of drug-likeness (QED) is 0.308. The molecule has 1 saturated heterocycles. The number of nitro groups is 1. The number of non-ortho nitro benzene ring substituents is 1. The van der Waals surface area contributed by atoms with Crippen LogP contribution in [0.1, 0.15) is 12.5 Å². The van der Waals surface area contributed by atoms with Crippen LogP contribution in [-0.2, 0) is 14.3 Å². The zero-order valence-corrected chi connectivity index (χ0v) is 14.5. The van der Waals surface area contributed by atoms with Crippen molar-refractivity contribution in [3.05, 3.63) is 32.7 Å². The lowest BCUT2D eigenvalue weighted by atomic mass is 10.1. The summed E-state index contributed by atoms with van der Waals surface area (Å²) in [4.78, 5) is 46.2. The Hall–Kier alpha value is -3.08. The Bertz CT molecular complexity index is 820. The van der Waals surface area contributed by atoms with E-state index in [1.807, 2.05) is 0 Å². The summed E-state index contributed by atoms with van der Waals surface area (Å²) in [6, 6.07) is 1.98. The van der Waals surface area contributed by atoms with Gasteiger partial charge in [-0.2, -0.15) is 0 Å². The van der Waals surface area contributed by atoms with Gasteiger partial charge >= 0.3 is 5.97 Å². The first-order valence-electron chi connectivity index (χ1n) is 7.22.